The number of benzene rings is 1. The number of hydrogen-bond acceptors (Lipinski definition) is 3. The van der Waals surface area contributed by atoms with Gasteiger partial charge in [-0.3, -0.25) is 14.9 Å². The third kappa shape index (κ3) is 3.36. The molecule has 0 spiro atoms. The summed E-state index contributed by atoms with van der Waals surface area (Å²) in [5, 5.41) is 13.7. The van der Waals surface area contributed by atoms with E-state index in [1.54, 1.807) is 0 Å². The highest BCUT2D eigenvalue weighted by atomic mass is 35.5. The van der Waals surface area contributed by atoms with E-state index in [1.807, 2.05) is 0 Å². The van der Waals surface area contributed by atoms with Crippen LogP contribution in [0.5, 0.6) is 0 Å². The Labute approximate surface area is 121 Å². The largest absolute Gasteiger partial charge is 0.352 e. The molecule has 0 unspecified atom stereocenters. The van der Waals surface area contributed by atoms with Crippen LogP contribution in [0, 0.1) is 16.0 Å². The van der Waals surface area contributed by atoms with E-state index >= 15 is 0 Å². The zero-order chi connectivity index (χ0) is 14.5. The number of nitro groups is 1. The average Bonchev–Trinajstić information content (AvgIpc) is 2.45. The number of halogens is 1. The Hall–Kier alpha value is -1.88. The number of carbonyl (C=O) groups is 1. The van der Waals surface area contributed by atoms with E-state index in [0.29, 0.717) is 12.5 Å². The molecule has 1 aliphatic rings. The molecule has 0 bridgehead atoms. The van der Waals surface area contributed by atoms with Gasteiger partial charge < -0.3 is 5.32 Å². The zero-order valence-corrected chi connectivity index (χ0v) is 11.6. The van der Waals surface area contributed by atoms with Crippen LogP contribution in [-0.2, 0) is 0 Å². The van der Waals surface area contributed by atoms with Crippen LogP contribution in [0.3, 0.4) is 0 Å². The summed E-state index contributed by atoms with van der Waals surface area (Å²) in [6, 6.07) is 4.36. The molecule has 0 aliphatic heterocycles. The van der Waals surface area contributed by atoms with E-state index in [-0.39, 0.29) is 16.3 Å². The number of amides is 1. The molecule has 1 aromatic carbocycles. The van der Waals surface area contributed by atoms with Crippen molar-refractivity contribution in [1.29, 1.82) is 0 Å². The maximum Gasteiger partial charge on any atom is 0.300 e. The molecule has 0 saturated carbocycles. The van der Waals surface area contributed by atoms with Crippen LogP contribution in [-0.4, -0.2) is 17.4 Å². The molecule has 0 fully saturated rings. The fraction of sp³-hybridized carbons (Fsp3) is 0.357. The van der Waals surface area contributed by atoms with Crippen molar-refractivity contribution in [2.24, 2.45) is 5.92 Å². The second-order valence-electron chi connectivity index (χ2n) is 4.75. The van der Waals surface area contributed by atoms with Gasteiger partial charge in [0.15, 0.2) is 0 Å². The summed E-state index contributed by atoms with van der Waals surface area (Å²) < 4.78 is 0. The van der Waals surface area contributed by atoms with Crippen molar-refractivity contribution in [3.63, 3.8) is 0 Å². The predicted molar refractivity (Wildman–Crippen MR) is 76.9 cm³/mol. The van der Waals surface area contributed by atoms with Crippen molar-refractivity contribution in [1.82, 2.24) is 5.32 Å². The Bertz CT molecular complexity index is 557. The van der Waals surface area contributed by atoms with Gasteiger partial charge in [-0.25, -0.2) is 0 Å². The summed E-state index contributed by atoms with van der Waals surface area (Å²) in [4.78, 5) is 22.4. The Morgan fingerprint density at radius 3 is 2.90 bits per heavy atom. The molecule has 1 amide bonds. The molecular weight excluding hydrogens is 280 g/mol. The SMILES string of the molecule is O=C(NC[C@H]1CC=CCC1)c1cccc(Cl)c1[N+](=O)[O-]. The normalized spacial score (nSPS) is 17.8. The summed E-state index contributed by atoms with van der Waals surface area (Å²) in [7, 11) is 0. The summed E-state index contributed by atoms with van der Waals surface area (Å²) in [6.07, 6.45) is 7.19. The van der Waals surface area contributed by atoms with Crippen LogP contribution in [0.2, 0.25) is 5.02 Å². The second kappa shape index (κ2) is 6.52. The van der Waals surface area contributed by atoms with Crippen LogP contribution in [0.4, 0.5) is 5.69 Å². The molecule has 20 heavy (non-hydrogen) atoms. The number of carbonyl (C=O) groups excluding carboxylic acids is 1. The average molecular weight is 295 g/mol. The van der Waals surface area contributed by atoms with Crippen molar-refractivity contribution >= 4 is 23.2 Å². The first-order valence-corrected chi connectivity index (χ1v) is 6.83. The van der Waals surface area contributed by atoms with Gasteiger partial charge in [-0.2, -0.15) is 0 Å². The van der Waals surface area contributed by atoms with Crippen LogP contribution in [0.1, 0.15) is 29.6 Å². The lowest BCUT2D eigenvalue weighted by molar-refractivity contribution is -0.385. The fourth-order valence-electron chi connectivity index (χ4n) is 2.26. The van der Waals surface area contributed by atoms with Crippen LogP contribution >= 0.6 is 11.6 Å². The molecule has 5 nitrogen and oxygen atoms in total. The third-order valence-electron chi connectivity index (χ3n) is 3.34. The number of para-hydroxylation sites is 1. The highest BCUT2D eigenvalue weighted by molar-refractivity contribution is 6.33. The van der Waals surface area contributed by atoms with Gasteiger partial charge in [0.25, 0.3) is 5.91 Å². The molecule has 2 rings (SSSR count). The molecule has 106 valence electrons. The number of rotatable bonds is 4. The number of nitrogens with one attached hydrogen (secondary N) is 1. The molecule has 1 aliphatic carbocycles. The topological polar surface area (TPSA) is 72.2 Å². The molecular formula is C14H15ClN2O3. The van der Waals surface area contributed by atoms with Gasteiger partial charge in [-0.15, -0.1) is 0 Å². The van der Waals surface area contributed by atoms with Crippen molar-refractivity contribution in [3.05, 3.63) is 51.1 Å². The lowest BCUT2D eigenvalue weighted by Crippen LogP contribution is -2.30. The first kappa shape index (κ1) is 14.5. The van der Waals surface area contributed by atoms with Gasteiger partial charge in [0.05, 0.1) is 4.92 Å². The van der Waals surface area contributed by atoms with E-state index in [0.717, 1.165) is 19.3 Å². The number of hydrogen-bond donors (Lipinski definition) is 1. The first-order valence-electron chi connectivity index (χ1n) is 6.45. The third-order valence-corrected chi connectivity index (χ3v) is 3.65. The van der Waals surface area contributed by atoms with Crippen LogP contribution in [0.15, 0.2) is 30.4 Å². The quantitative estimate of drug-likeness (QED) is 0.526. The van der Waals surface area contributed by atoms with Gasteiger partial charge in [0, 0.05) is 6.54 Å². The number of nitro benzene ring substituents is 1. The molecule has 6 heteroatoms. The molecule has 1 aromatic rings. The first-order chi connectivity index (χ1) is 9.59. The van der Waals surface area contributed by atoms with E-state index in [9.17, 15) is 14.9 Å². The van der Waals surface area contributed by atoms with Crippen molar-refractivity contribution in [2.75, 3.05) is 6.54 Å². The smallest absolute Gasteiger partial charge is 0.300 e. The van der Waals surface area contributed by atoms with Crippen LogP contribution < -0.4 is 5.32 Å². The van der Waals surface area contributed by atoms with E-state index in [1.165, 1.54) is 18.2 Å². The van der Waals surface area contributed by atoms with Gasteiger partial charge >= 0.3 is 5.69 Å². The fourth-order valence-corrected chi connectivity index (χ4v) is 2.50. The van der Waals surface area contributed by atoms with E-state index in [2.05, 4.69) is 17.5 Å². The minimum atomic E-state index is -0.624. The minimum absolute atomic E-state index is 0.00820. The summed E-state index contributed by atoms with van der Waals surface area (Å²) in [5.74, 6) is -0.0593. The van der Waals surface area contributed by atoms with Gasteiger partial charge in [0.2, 0.25) is 0 Å². The molecule has 0 saturated heterocycles. The number of nitrogens with zero attached hydrogens (tertiary/aromatic N) is 1. The Morgan fingerprint density at radius 2 is 2.25 bits per heavy atom. The van der Waals surface area contributed by atoms with E-state index in [4.69, 9.17) is 11.6 Å². The summed E-state index contributed by atoms with van der Waals surface area (Å²) in [5.41, 5.74) is -0.330. The van der Waals surface area contributed by atoms with Gasteiger partial charge in [-0.1, -0.05) is 29.8 Å². The predicted octanol–water partition coefficient (Wildman–Crippen LogP) is 3.33. The second-order valence-corrected chi connectivity index (χ2v) is 5.16. The highest BCUT2D eigenvalue weighted by Crippen LogP contribution is 2.28. The van der Waals surface area contributed by atoms with Gasteiger partial charge in [-0.05, 0) is 37.3 Å². The lowest BCUT2D eigenvalue weighted by atomic mass is 9.94. The molecule has 0 aromatic heterocycles. The summed E-state index contributed by atoms with van der Waals surface area (Å²) >= 11 is 5.79. The molecule has 1 atom stereocenters. The molecule has 0 radical (unpaired) electrons. The van der Waals surface area contributed by atoms with E-state index < -0.39 is 10.8 Å². The maximum atomic E-state index is 12.1. The Kier molecular flexibility index (Phi) is 4.74. The Morgan fingerprint density at radius 1 is 1.45 bits per heavy atom. The monoisotopic (exact) mass is 294 g/mol. The standard InChI is InChI=1S/C14H15ClN2O3/c15-12-8-4-7-11(13(12)17(19)20)14(18)16-9-10-5-2-1-3-6-10/h1-2,4,7-8,10H,3,5-6,9H2,(H,16,18)/t10-/m0/s1. The Balaban J connectivity index is 2.07. The maximum absolute atomic E-state index is 12.1. The molecule has 0 heterocycles. The number of allylic oxidation sites excluding steroid dienone is 2. The summed E-state index contributed by atoms with van der Waals surface area (Å²) in [6.45, 7) is 0.521. The van der Waals surface area contributed by atoms with Crippen molar-refractivity contribution in [2.45, 2.75) is 19.3 Å². The minimum Gasteiger partial charge on any atom is -0.352 e. The van der Waals surface area contributed by atoms with Crippen molar-refractivity contribution in [3.8, 4) is 0 Å². The molecule has 1 N–H and O–H groups in total. The van der Waals surface area contributed by atoms with Crippen molar-refractivity contribution < 1.29 is 9.72 Å². The highest BCUT2D eigenvalue weighted by Gasteiger charge is 2.23. The van der Waals surface area contributed by atoms with Crippen LogP contribution in [0.25, 0.3) is 0 Å². The zero-order valence-electron chi connectivity index (χ0n) is 10.8. The van der Waals surface area contributed by atoms with Gasteiger partial charge in [0.1, 0.15) is 10.6 Å². The lowest BCUT2D eigenvalue weighted by Gasteiger charge is -2.18.